The van der Waals surface area contributed by atoms with Crippen molar-refractivity contribution in [2.45, 2.75) is 19.3 Å². The van der Waals surface area contributed by atoms with Crippen LogP contribution in [0.15, 0.2) is 12.5 Å². The predicted molar refractivity (Wildman–Crippen MR) is 62.6 cm³/mol. The molecule has 0 atom stereocenters. The molecule has 0 aliphatic heterocycles. The van der Waals surface area contributed by atoms with Crippen LogP contribution >= 0.6 is 0 Å². The fourth-order valence-electron chi connectivity index (χ4n) is 2.20. The Morgan fingerprint density at radius 1 is 1.39 bits per heavy atom. The van der Waals surface area contributed by atoms with E-state index in [0.717, 1.165) is 30.5 Å². The maximum absolute atomic E-state index is 10.9. The van der Waals surface area contributed by atoms with Gasteiger partial charge in [0.15, 0.2) is 11.5 Å². The monoisotopic (exact) mass is 245 g/mol. The molecular weight excluding hydrogens is 234 g/mol. The molecule has 0 radical (unpaired) electrons. The standard InChI is InChI=1S/C11H11N5O2/c12-7-4-16(15-9(7)11(17)18)10-6-2-1-3-8(6)13-5-14-10/h4-5H,1-3,12H2,(H,17,18). The van der Waals surface area contributed by atoms with Gasteiger partial charge < -0.3 is 10.8 Å². The summed E-state index contributed by atoms with van der Waals surface area (Å²) < 4.78 is 1.42. The summed E-state index contributed by atoms with van der Waals surface area (Å²) >= 11 is 0. The molecule has 0 saturated carbocycles. The van der Waals surface area contributed by atoms with Gasteiger partial charge in [0.1, 0.15) is 6.33 Å². The van der Waals surface area contributed by atoms with E-state index in [1.165, 1.54) is 17.2 Å². The van der Waals surface area contributed by atoms with Crippen LogP contribution in [0.3, 0.4) is 0 Å². The maximum atomic E-state index is 10.9. The van der Waals surface area contributed by atoms with Crippen molar-refractivity contribution in [2.75, 3.05) is 5.73 Å². The van der Waals surface area contributed by atoms with Crippen LogP contribution in [0, 0.1) is 0 Å². The van der Waals surface area contributed by atoms with Gasteiger partial charge in [-0.15, -0.1) is 0 Å². The molecule has 7 heteroatoms. The van der Waals surface area contributed by atoms with Crippen LogP contribution in [-0.4, -0.2) is 30.8 Å². The summed E-state index contributed by atoms with van der Waals surface area (Å²) in [5.74, 6) is -0.520. The summed E-state index contributed by atoms with van der Waals surface area (Å²) in [7, 11) is 0. The molecule has 1 aliphatic rings. The minimum atomic E-state index is -1.14. The van der Waals surface area contributed by atoms with E-state index < -0.39 is 5.97 Å². The first kappa shape index (κ1) is 10.7. The van der Waals surface area contributed by atoms with E-state index in [9.17, 15) is 4.79 Å². The minimum Gasteiger partial charge on any atom is -0.476 e. The first-order valence-electron chi connectivity index (χ1n) is 5.58. The van der Waals surface area contributed by atoms with Crippen LogP contribution < -0.4 is 5.73 Å². The second-order valence-corrected chi connectivity index (χ2v) is 4.16. The van der Waals surface area contributed by atoms with Crippen molar-refractivity contribution >= 4 is 11.7 Å². The molecule has 0 amide bonds. The van der Waals surface area contributed by atoms with E-state index in [0.29, 0.717) is 5.82 Å². The quantitative estimate of drug-likeness (QED) is 0.794. The van der Waals surface area contributed by atoms with E-state index in [1.54, 1.807) is 0 Å². The predicted octanol–water partition coefficient (Wildman–Crippen LogP) is 0.431. The van der Waals surface area contributed by atoms with Gasteiger partial charge in [-0.3, -0.25) is 0 Å². The largest absolute Gasteiger partial charge is 0.476 e. The molecule has 2 heterocycles. The van der Waals surface area contributed by atoms with Crippen LogP contribution in [0.25, 0.3) is 5.82 Å². The first-order valence-corrected chi connectivity index (χ1v) is 5.58. The maximum Gasteiger partial charge on any atom is 0.358 e. The highest BCUT2D eigenvalue weighted by molar-refractivity contribution is 5.91. The van der Waals surface area contributed by atoms with Gasteiger partial charge in [0.05, 0.1) is 11.9 Å². The third-order valence-electron chi connectivity index (χ3n) is 3.01. The van der Waals surface area contributed by atoms with E-state index in [-0.39, 0.29) is 11.4 Å². The van der Waals surface area contributed by atoms with Crippen LogP contribution in [0.1, 0.15) is 28.2 Å². The Kier molecular flexibility index (Phi) is 2.26. The zero-order valence-corrected chi connectivity index (χ0v) is 9.50. The smallest absolute Gasteiger partial charge is 0.358 e. The Balaban J connectivity index is 2.13. The zero-order chi connectivity index (χ0) is 12.7. The molecule has 0 bridgehead atoms. The number of anilines is 1. The van der Waals surface area contributed by atoms with Crippen molar-refractivity contribution in [2.24, 2.45) is 0 Å². The summed E-state index contributed by atoms with van der Waals surface area (Å²) in [5.41, 5.74) is 7.63. The second kappa shape index (κ2) is 3.80. The van der Waals surface area contributed by atoms with Crippen molar-refractivity contribution in [1.82, 2.24) is 19.7 Å². The Labute approximate surface area is 102 Å². The number of fused-ring (bicyclic) bond motifs is 1. The normalized spacial score (nSPS) is 13.6. The van der Waals surface area contributed by atoms with Gasteiger partial charge in [-0.25, -0.2) is 19.4 Å². The number of rotatable bonds is 2. The van der Waals surface area contributed by atoms with Crippen molar-refractivity contribution < 1.29 is 9.90 Å². The van der Waals surface area contributed by atoms with E-state index in [2.05, 4.69) is 15.1 Å². The van der Waals surface area contributed by atoms with Crippen LogP contribution in [0.5, 0.6) is 0 Å². The average Bonchev–Trinajstić information content (AvgIpc) is 2.94. The molecule has 3 rings (SSSR count). The highest BCUT2D eigenvalue weighted by Gasteiger charge is 2.21. The molecular formula is C11H11N5O2. The first-order chi connectivity index (χ1) is 8.66. The van der Waals surface area contributed by atoms with Gasteiger partial charge in [0.2, 0.25) is 0 Å². The van der Waals surface area contributed by atoms with E-state index >= 15 is 0 Å². The molecule has 2 aromatic heterocycles. The van der Waals surface area contributed by atoms with Gasteiger partial charge in [0.25, 0.3) is 0 Å². The lowest BCUT2D eigenvalue weighted by atomic mass is 10.2. The Hall–Kier alpha value is -2.44. The number of nitrogens with zero attached hydrogens (tertiary/aromatic N) is 4. The van der Waals surface area contributed by atoms with Gasteiger partial charge in [-0.1, -0.05) is 0 Å². The Morgan fingerprint density at radius 3 is 2.94 bits per heavy atom. The summed E-state index contributed by atoms with van der Waals surface area (Å²) in [5, 5.41) is 12.9. The Bertz CT molecular complexity index is 634. The van der Waals surface area contributed by atoms with Crippen molar-refractivity contribution in [3.63, 3.8) is 0 Å². The topological polar surface area (TPSA) is 107 Å². The molecule has 18 heavy (non-hydrogen) atoms. The van der Waals surface area contributed by atoms with Crippen LogP contribution in [0.4, 0.5) is 5.69 Å². The Morgan fingerprint density at radius 2 is 2.22 bits per heavy atom. The number of aryl methyl sites for hydroxylation is 1. The zero-order valence-electron chi connectivity index (χ0n) is 9.50. The fourth-order valence-corrected chi connectivity index (χ4v) is 2.20. The van der Waals surface area contributed by atoms with Gasteiger partial charge >= 0.3 is 5.97 Å². The lowest BCUT2D eigenvalue weighted by molar-refractivity contribution is 0.0691. The molecule has 0 spiro atoms. The van der Waals surface area contributed by atoms with Crippen molar-refractivity contribution in [3.8, 4) is 5.82 Å². The number of hydrogen-bond acceptors (Lipinski definition) is 5. The fraction of sp³-hybridized carbons (Fsp3) is 0.273. The number of carbonyl (C=O) groups is 1. The summed E-state index contributed by atoms with van der Waals surface area (Å²) in [4.78, 5) is 19.3. The molecule has 1 aliphatic carbocycles. The molecule has 0 fully saturated rings. The number of carboxylic acids is 1. The SMILES string of the molecule is Nc1cn(-c2ncnc3c2CCC3)nc1C(=O)O. The number of nitrogen functional groups attached to an aromatic ring is 1. The van der Waals surface area contributed by atoms with Gasteiger partial charge in [0, 0.05) is 11.3 Å². The van der Waals surface area contributed by atoms with E-state index in [1.807, 2.05) is 0 Å². The number of aromatic carboxylic acids is 1. The average molecular weight is 245 g/mol. The third kappa shape index (κ3) is 1.52. The van der Waals surface area contributed by atoms with Crippen LogP contribution in [0.2, 0.25) is 0 Å². The van der Waals surface area contributed by atoms with Crippen LogP contribution in [-0.2, 0) is 12.8 Å². The third-order valence-corrected chi connectivity index (χ3v) is 3.01. The summed E-state index contributed by atoms with van der Waals surface area (Å²) in [6, 6.07) is 0. The number of aromatic nitrogens is 4. The van der Waals surface area contributed by atoms with Gasteiger partial charge in [-0.05, 0) is 19.3 Å². The summed E-state index contributed by atoms with van der Waals surface area (Å²) in [6.07, 6.45) is 5.78. The molecule has 0 aromatic carbocycles. The minimum absolute atomic E-state index is 0.132. The molecule has 0 saturated heterocycles. The lowest BCUT2D eigenvalue weighted by Crippen LogP contribution is -2.06. The molecule has 7 nitrogen and oxygen atoms in total. The second-order valence-electron chi connectivity index (χ2n) is 4.16. The molecule has 0 unspecified atom stereocenters. The lowest BCUT2D eigenvalue weighted by Gasteiger charge is -2.05. The summed E-state index contributed by atoms with van der Waals surface area (Å²) in [6.45, 7) is 0. The number of carboxylic acid groups (broad SMARTS) is 1. The van der Waals surface area contributed by atoms with Crippen molar-refractivity contribution in [3.05, 3.63) is 29.5 Å². The molecule has 92 valence electrons. The van der Waals surface area contributed by atoms with Crippen molar-refractivity contribution in [1.29, 1.82) is 0 Å². The highest BCUT2D eigenvalue weighted by Crippen LogP contribution is 2.24. The molecule has 3 N–H and O–H groups in total. The van der Waals surface area contributed by atoms with E-state index in [4.69, 9.17) is 10.8 Å². The van der Waals surface area contributed by atoms with Gasteiger partial charge in [-0.2, -0.15) is 5.10 Å². The highest BCUT2D eigenvalue weighted by atomic mass is 16.4. The number of hydrogen-bond donors (Lipinski definition) is 2. The number of nitrogens with two attached hydrogens (primary N) is 1. The molecule has 2 aromatic rings.